The van der Waals surface area contributed by atoms with E-state index in [-0.39, 0.29) is 12.5 Å². The molecule has 1 fully saturated rings. The van der Waals surface area contributed by atoms with E-state index in [9.17, 15) is 4.79 Å². The molecule has 0 aliphatic carbocycles. The third-order valence-corrected chi connectivity index (χ3v) is 3.71. The van der Waals surface area contributed by atoms with E-state index in [1.165, 1.54) is 0 Å². The van der Waals surface area contributed by atoms with E-state index in [1.54, 1.807) is 12.4 Å². The molecule has 116 valence electrons. The first-order chi connectivity index (χ1) is 10.3. The number of aliphatic hydroxyl groups is 1. The van der Waals surface area contributed by atoms with Crippen LogP contribution in [0.25, 0.3) is 0 Å². The summed E-state index contributed by atoms with van der Waals surface area (Å²) in [5, 5.41) is 12.2. The predicted molar refractivity (Wildman–Crippen MR) is 82.4 cm³/mol. The molecule has 1 aromatic heterocycles. The zero-order valence-electron chi connectivity index (χ0n) is 12.6. The Morgan fingerprint density at radius 1 is 1.38 bits per heavy atom. The number of amides is 1. The highest BCUT2D eigenvalue weighted by molar-refractivity contribution is 5.99. The first kappa shape index (κ1) is 15.7. The summed E-state index contributed by atoms with van der Waals surface area (Å²) in [6.07, 6.45) is 4.26. The molecule has 1 aliphatic heterocycles. The van der Waals surface area contributed by atoms with Crippen molar-refractivity contribution in [3.05, 3.63) is 24.0 Å². The van der Waals surface area contributed by atoms with Crippen LogP contribution in [0.15, 0.2) is 18.5 Å². The van der Waals surface area contributed by atoms with Crippen LogP contribution in [0.5, 0.6) is 0 Å². The van der Waals surface area contributed by atoms with Gasteiger partial charge in [-0.3, -0.25) is 14.7 Å². The van der Waals surface area contributed by atoms with Gasteiger partial charge in [-0.25, -0.2) is 0 Å². The number of nitrogens with one attached hydrogen (secondary N) is 1. The van der Waals surface area contributed by atoms with Gasteiger partial charge in [0, 0.05) is 45.1 Å². The van der Waals surface area contributed by atoms with Crippen molar-refractivity contribution in [3.8, 4) is 0 Å². The van der Waals surface area contributed by atoms with Crippen molar-refractivity contribution in [1.29, 1.82) is 0 Å². The lowest BCUT2D eigenvalue weighted by atomic mass is 10.2. The van der Waals surface area contributed by atoms with Gasteiger partial charge in [0.25, 0.3) is 5.91 Å². The van der Waals surface area contributed by atoms with Crippen molar-refractivity contribution in [1.82, 2.24) is 14.8 Å². The molecule has 0 atom stereocenters. The lowest BCUT2D eigenvalue weighted by molar-refractivity contribution is 0.0761. The summed E-state index contributed by atoms with van der Waals surface area (Å²) in [7, 11) is 0. The summed E-state index contributed by atoms with van der Waals surface area (Å²) in [5.41, 5.74) is 1.48. The smallest absolute Gasteiger partial charge is 0.257 e. The van der Waals surface area contributed by atoms with Gasteiger partial charge in [-0.1, -0.05) is 0 Å². The molecule has 2 rings (SSSR count). The largest absolute Gasteiger partial charge is 0.395 e. The van der Waals surface area contributed by atoms with Crippen LogP contribution in [0.1, 0.15) is 23.7 Å². The second kappa shape index (κ2) is 7.95. The van der Waals surface area contributed by atoms with Crippen LogP contribution in [-0.2, 0) is 0 Å². The molecular formula is C15H24N4O2. The molecule has 0 radical (unpaired) electrons. The fraction of sp³-hybridized carbons (Fsp3) is 0.600. The first-order valence-corrected chi connectivity index (χ1v) is 7.56. The molecule has 2 heterocycles. The number of pyridine rings is 1. The van der Waals surface area contributed by atoms with Gasteiger partial charge in [0.05, 0.1) is 17.9 Å². The van der Waals surface area contributed by atoms with E-state index in [0.717, 1.165) is 38.3 Å². The molecule has 0 bridgehead atoms. The molecule has 1 aliphatic rings. The number of anilines is 1. The van der Waals surface area contributed by atoms with E-state index in [2.05, 4.69) is 15.2 Å². The zero-order valence-corrected chi connectivity index (χ0v) is 12.6. The quantitative estimate of drug-likeness (QED) is 0.834. The molecule has 1 aromatic rings. The molecule has 21 heavy (non-hydrogen) atoms. The maximum atomic E-state index is 12.7. The van der Waals surface area contributed by atoms with Gasteiger partial charge < -0.3 is 15.3 Å². The normalized spacial score (nSPS) is 16.6. The monoisotopic (exact) mass is 292 g/mol. The number of nitrogens with zero attached hydrogens (tertiary/aromatic N) is 3. The van der Waals surface area contributed by atoms with Gasteiger partial charge in [-0.05, 0) is 26.0 Å². The molecule has 6 heteroatoms. The molecule has 0 spiro atoms. The van der Waals surface area contributed by atoms with Crippen LogP contribution in [0, 0.1) is 0 Å². The van der Waals surface area contributed by atoms with Crippen LogP contribution in [-0.4, -0.2) is 71.7 Å². The van der Waals surface area contributed by atoms with Crippen LogP contribution >= 0.6 is 0 Å². The Hall–Kier alpha value is -1.66. The average Bonchev–Trinajstić information content (AvgIpc) is 2.74. The molecule has 0 aromatic carbocycles. The Bertz CT molecular complexity index is 467. The molecule has 0 unspecified atom stereocenters. The van der Waals surface area contributed by atoms with Crippen molar-refractivity contribution >= 4 is 11.6 Å². The van der Waals surface area contributed by atoms with Gasteiger partial charge in [-0.15, -0.1) is 0 Å². The highest BCUT2D eigenvalue weighted by Gasteiger charge is 2.22. The fourth-order valence-electron chi connectivity index (χ4n) is 2.62. The van der Waals surface area contributed by atoms with Crippen molar-refractivity contribution in [2.45, 2.75) is 13.3 Å². The van der Waals surface area contributed by atoms with Crippen molar-refractivity contribution in [2.24, 2.45) is 0 Å². The maximum Gasteiger partial charge on any atom is 0.257 e. The van der Waals surface area contributed by atoms with Crippen LogP contribution in [0.4, 0.5) is 5.69 Å². The summed E-state index contributed by atoms with van der Waals surface area (Å²) in [5.74, 6) is 0.0323. The van der Waals surface area contributed by atoms with E-state index < -0.39 is 0 Å². The van der Waals surface area contributed by atoms with E-state index >= 15 is 0 Å². The molecule has 6 nitrogen and oxygen atoms in total. The SMILES string of the molecule is CCNc1ccncc1C(=O)N1CCCN(CCO)CC1. The van der Waals surface area contributed by atoms with Crippen LogP contribution in [0.3, 0.4) is 0 Å². The third-order valence-electron chi connectivity index (χ3n) is 3.71. The van der Waals surface area contributed by atoms with E-state index in [1.807, 2.05) is 17.9 Å². The molecule has 1 saturated heterocycles. The lowest BCUT2D eigenvalue weighted by Crippen LogP contribution is -2.36. The van der Waals surface area contributed by atoms with Crippen molar-refractivity contribution < 1.29 is 9.90 Å². The number of hydrogen-bond donors (Lipinski definition) is 2. The topological polar surface area (TPSA) is 68.7 Å². The Morgan fingerprint density at radius 3 is 3.00 bits per heavy atom. The Kier molecular flexibility index (Phi) is 5.95. The number of aromatic nitrogens is 1. The number of aliphatic hydroxyl groups excluding tert-OH is 1. The number of rotatable bonds is 5. The highest BCUT2D eigenvalue weighted by Crippen LogP contribution is 2.17. The average molecular weight is 292 g/mol. The van der Waals surface area contributed by atoms with Gasteiger partial charge >= 0.3 is 0 Å². The molecular weight excluding hydrogens is 268 g/mol. The van der Waals surface area contributed by atoms with E-state index in [0.29, 0.717) is 18.7 Å². The minimum atomic E-state index is 0.0323. The maximum absolute atomic E-state index is 12.7. The standard InChI is InChI=1S/C15H24N4O2/c1-2-17-14-4-5-16-12-13(14)15(21)19-7-3-6-18(8-9-19)10-11-20/h4-5,12,20H,2-3,6-11H2,1H3,(H,16,17). The summed E-state index contributed by atoms with van der Waals surface area (Å²) in [6, 6.07) is 1.84. The van der Waals surface area contributed by atoms with Gasteiger partial charge in [-0.2, -0.15) is 0 Å². The summed E-state index contributed by atoms with van der Waals surface area (Å²) >= 11 is 0. The van der Waals surface area contributed by atoms with Crippen molar-refractivity contribution in [2.75, 3.05) is 51.2 Å². The van der Waals surface area contributed by atoms with Gasteiger partial charge in [0.15, 0.2) is 0 Å². The Balaban J connectivity index is 2.06. The molecule has 1 amide bonds. The first-order valence-electron chi connectivity index (χ1n) is 7.56. The summed E-state index contributed by atoms with van der Waals surface area (Å²) in [4.78, 5) is 20.9. The van der Waals surface area contributed by atoms with Gasteiger partial charge in [0.1, 0.15) is 0 Å². The third kappa shape index (κ3) is 4.15. The van der Waals surface area contributed by atoms with Crippen LogP contribution in [0.2, 0.25) is 0 Å². The lowest BCUT2D eigenvalue weighted by Gasteiger charge is -2.22. The Morgan fingerprint density at radius 2 is 2.24 bits per heavy atom. The highest BCUT2D eigenvalue weighted by atomic mass is 16.3. The zero-order chi connectivity index (χ0) is 15.1. The molecule has 0 saturated carbocycles. The summed E-state index contributed by atoms with van der Waals surface area (Å²) < 4.78 is 0. The number of β-amino-alcohol motifs (C(OH)–C–C–N with tert-alkyl or cyclic N) is 1. The van der Waals surface area contributed by atoms with Crippen molar-refractivity contribution in [3.63, 3.8) is 0 Å². The minimum absolute atomic E-state index is 0.0323. The minimum Gasteiger partial charge on any atom is -0.395 e. The number of carbonyl (C=O) groups excluding carboxylic acids is 1. The Labute approximate surface area is 125 Å². The van der Waals surface area contributed by atoms with Gasteiger partial charge in [0.2, 0.25) is 0 Å². The second-order valence-electron chi connectivity index (χ2n) is 5.16. The summed E-state index contributed by atoms with van der Waals surface area (Å²) in [6.45, 7) is 6.81. The molecule has 2 N–H and O–H groups in total. The van der Waals surface area contributed by atoms with E-state index in [4.69, 9.17) is 5.11 Å². The second-order valence-corrected chi connectivity index (χ2v) is 5.16. The van der Waals surface area contributed by atoms with Crippen LogP contribution < -0.4 is 5.32 Å². The fourth-order valence-corrected chi connectivity index (χ4v) is 2.62. The predicted octanol–water partition coefficient (Wildman–Crippen LogP) is 0.654. The number of carbonyl (C=O) groups is 1. The number of hydrogen-bond acceptors (Lipinski definition) is 5.